The molecule has 1 aliphatic carbocycles. The summed E-state index contributed by atoms with van der Waals surface area (Å²) in [5.41, 5.74) is -0.952. The summed E-state index contributed by atoms with van der Waals surface area (Å²) in [6.45, 7) is -1.79. The summed E-state index contributed by atoms with van der Waals surface area (Å²) < 4.78 is 48.2. The number of nitrogens with one attached hydrogen (secondary N) is 4. The molecule has 0 amide bonds. The number of alkyl halides is 3. The topological polar surface area (TPSA) is 177 Å². The van der Waals surface area contributed by atoms with Gasteiger partial charge < -0.3 is 35.8 Å². The molecule has 3 aromatic carbocycles. The van der Waals surface area contributed by atoms with E-state index in [4.69, 9.17) is 21.1 Å². The average Bonchev–Trinajstić information content (AvgIpc) is 3.79. The second-order valence-corrected chi connectivity index (χ2v) is 10.5. The van der Waals surface area contributed by atoms with Crippen molar-refractivity contribution in [2.24, 2.45) is 0 Å². The summed E-state index contributed by atoms with van der Waals surface area (Å²) >= 11 is 6.01. The maximum absolute atomic E-state index is 12.9. The zero-order chi connectivity index (χ0) is 32.4. The Morgan fingerprint density at radius 3 is 2.24 bits per heavy atom. The van der Waals surface area contributed by atoms with Gasteiger partial charge in [0, 0.05) is 22.9 Å². The maximum Gasteiger partial charge on any atom is 0.422 e. The van der Waals surface area contributed by atoms with Crippen LogP contribution in [-0.4, -0.2) is 58.5 Å². The molecule has 0 bridgehead atoms. The SMILES string of the molecule is COC(=O)[C@H](CNc1c(O)c(=O)c1=O)Nc1ccc(Nc2nc(NC3(c4ccc(Cl)cc4)CC3)nc(OCC(F)(F)F)n2)cc1. The largest absolute Gasteiger partial charge is 0.502 e. The molecule has 1 fully saturated rings. The Morgan fingerprint density at radius 2 is 1.64 bits per heavy atom. The van der Waals surface area contributed by atoms with Crippen molar-refractivity contribution >= 4 is 46.5 Å². The first kappa shape index (κ1) is 31.3. The number of benzene rings is 2. The lowest BCUT2D eigenvalue weighted by Crippen LogP contribution is -2.40. The Bertz CT molecular complexity index is 1760. The number of hydrogen-bond acceptors (Lipinski definition) is 13. The maximum atomic E-state index is 12.9. The minimum atomic E-state index is -4.61. The van der Waals surface area contributed by atoms with E-state index in [9.17, 15) is 32.7 Å². The molecule has 1 atom stereocenters. The van der Waals surface area contributed by atoms with Crippen molar-refractivity contribution in [3.8, 4) is 11.8 Å². The number of hydrogen-bond donors (Lipinski definition) is 5. The molecule has 0 radical (unpaired) electrons. The zero-order valence-electron chi connectivity index (χ0n) is 23.4. The van der Waals surface area contributed by atoms with Crippen molar-refractivity contribution in [1.82, 2.24) is 15.0 Å². The number of aromatic hydroxyl groups is 1. The number of nitrogens with zero attached hydrogens (tertiary/aromatic N) is 3. The molecular formula is C28H25ClF3N7O6. The molecule has 1 aromatic heterocycles. The number of rotatable bonds is 13. The molecular weight excluding hydrogens is 623 g/mol. The molecule has 45 heavy (non-hydrogen) atoms. The predicted octanol–water partition coefficient (Wildman–Crippen LogP) is 3.68. The van der Waals surface area contributed by atoms with Gasteiger partial charge in [0.15, 0.2) is 12.4 Å². The molecule has 17 heteroatoms. The quantitative estimate of drug-likeness (QED) is 0.105. The van der Waals surface area contributed by atoms with Crippen molar-refractivity contribution in [2.75, 3.05) is 41.5 Å². The Kier molecular flexibility index (Phi) is 8.68. The summed E-state index contributed by atoms with van der Waals surface area (Å²) in [4.78, 5) is 47.4. The molecule has 0 spiro atoms. The fraction of sp³-hybridized carbons (Fsp3) is 0.286. The Balaban J connectivity index is 1.30. The number of aromatic nitrogens is 3. The lowest BCUT2D eigenvalue weighted by Gasteiger charge is -2.20. The second kappa shape index (κ2) is 12.5. The van der Waals surface area contributed by atoms with E-state index < -0.39 is 53.0 Å². The van der Waals surface area contributed by atoms with Crippen LogP contribution >= 0.6 is 11.6 Å². The average molecular weight is 648 g/mol. The van der Waals surface area contributed by atoms with Crippen molar-refractivity contribution < 1.29 is 32.5 Å². The van der Waals surface area contributed by atoms with Crippen LogP contribution in [0.2, 0.25) is 5.02 Å². The van der Waals surface area contributed by atoms with Crippen LogP contribution in [0.3, 0.4) is 0 Å². The standard InChI is InChI=1S/C28H25ClF3N7O6/c1-44-23(43)18(12-33-19-20(40)22(42)21(19)41)34-16-6-8-17(9-7-16)35-24-36-25(38-26(37-24)45-13-28(30,31)32)39-27(10-11-27)14-2-4-15(29)5-3-14/h2-9,18,33-34,40H,10-13H2,1H3,(H2,35,36,37,38,39)/t18-/m0/s1. The summed E-state index contributed by atoms with van der Waals surface area (Å²) in [5, 5.41) is 21.7. The monoisotopic (exact) mass is 647 g/mol. The summed E-state index contributed by atoms with van der Waals surface area (Å²) in [6, 6.07) is 11.9. The molecule has 5 rings (SSSR count). The highest BCUT2D eigenvalue weighted by Gasteiger charge is 2.45. The Hall–Kier alpha value is -5.12. The van der Waals surface area contributed by atoms with Crippen LogP contribution in [0.4, 0.5) is 42.1 Å². The van der Waals surface area contributed by atoms with E-state index in [0.29, 0.717) is 16.4 Å². The van der Waals surface area contributed by atoms with Gasteiger partial charge in [-0.15, -0.1) is 0 Å². The smallest absolute Gasteiger partial charge is 0.422 e. The van der Waals surface area contributed by atoms with Gasteiger partial charge in [-0.05, 0) is 54.8 Å². The third kappa shape index (κ3) is 7.52. The van der Waals surface area contributed by atoms with E-state index in [0.717, 1.165) is 18.4 Å². The zero-order valence-corrected chi connectivity index (χ0v) is 24.1. The summed E-state index contributed by atoms with van der Waals surface area (Å²) in [6.07, 6.45) is -3.16. The molecule has 0 aliphatic heterocycles. The van der Waals surface area contributed by atoms with E-state index in [1.807, 2.05) is 12.1 Å². The first-order chi connectivity index (χ1) is 21.4. The van der Waals surface area contributed by atoms with E-state index in [1.54, 1.807) is 36.4 Å². The third-order valence-corrected chi connectivity index (χ3v) is 7.07. The summed E-state index contributed by atoms with van der Waals surface area (Å²) in [5.74, 6) is -1.50. The van der Waals surface area contributed by atoms with Gasteiger partial charge in [-0.3, -0.25) is 9.59 Å². The second-order valence-electron chi connectivity index (χ2n) is 10.1. The van der Waals surface area contributed by atoms with Crippen molar-refractivity contribution in [3.63, 3.8) is 0 Å². The van der Waals surface area contributed by atoms with E-state index in [1.165, 1.54) is 7.11 Å². The predicted molar refractivity (Wildman–Crippen MR) is 158 cm³/mol. The number of halogens is 4. The fourth-order valence-corrected chi connectivity index (χ4v) is 4.46. The number of ether oxygens (including phenoxy) is 2. The molecule has 1 aliphatic rings. The van der Waals surface area contributed by atoms with Crippen LogP contribution in [-0.2, 0) is 15.1 Å². The van der Waals surface area contributed by atoms with Gasteiger partial charge in [0.25, 0.3) is 10.9 Å². The minimum absolute atomic E-state index is 0.00312. The number of methoxy groups -OCH3 is 1. The first-order valence-electron chi connectivity index (χ1n) is 13.3. The normalized spacial score (nSPS) is 14.3. The minimum Gasteiger partial charge on any atom is -0.502 e. The van der Waals surface area contributed by atoms with Crippen LogP contribution in [0.15, 0.2) is 58.1 Å². The van der Waals surface area contributed by atoms with E-state index in [2.05, 4.69) is 36.2 Å². The first-order valence-corrected chi connectivity index (χ1v) is 13.7. The lowest BCUT2D eigenvalue weighted by molar-refractivity contribution is -0.154. The van der Waals surface area contributed by atoms with Gasteiger partial charge in [0.1, 0.15) is 11.7 Å². The molecule has 5 N–H and O–H groups in total. The molecule has 1 heterocycles. The molecule has 236 valence electrons. The molecule has 1 saturated carbocycles. The van der Waals surface area contributed by atoms with Gasteiger partial charge in [0.2, 0.25) is 11.9 Å². The number of carbonyl (C=O) groups excluding carboxylic acids is 1. The Labute approximate surface area is 257 Å². The number of esters is 1. The highest BCUT2D eigenvalue weighted by molar-refractivity contribution is 6.30. The van der Waals surface area contributed by atoms with Crippen molar-refractivity contribution in [1.29, 1.82) is 0 Å². The number of carbonyl (C=O) groups is 1. The van der Waals surface area contributed by atoms with Crippen molar-refractivity contribution in [2.45, 2.75) is 30.6 Å². The highest BCUT2D eigenvalue weighted by atomic mass is 35.5. The molecule has 13 nitrogen and oxygen atoms in total. The summed E-state index contributed by atoms with van der Waals surface area (Å²) in [7, 11) is 1.17. The van der Waals surface area contributed by atoms with Crippen molar-refractivity contribution in [3.05, 3.63) is 79.6 Å². The van der Waals surface area contributed by atoms with Gasteiger partial charge in [-0.1, -0.05) is 23.7 Å². The highest BCUT2D eigenvalue weighted by Crippen LogP contribution is 2.48. The Morgan fingerprint density at radius 1 is 1.00 bits per heavy atom. The van der Waals surface area contributed by atoms with Gasteiger partial charge in [-0.2, -0.15) is 28.1 Å². The molecule has 4 aromatic rings. The van der Waals surface area contributed by atoms with E-state index >= 15 is 0 Å². The third-order valence-electron chi connectivity index (χ3n) is 6.81. The van der Waals surface area contributed by atoms with Gasteiger partial charge >= 0.3 is 18.2 Å². The van der Waals surface area contributed by atoms with Crippen LogP contribution < -0.4 is 36.9 Å². The fourth-order valence-electron chi connectivity index (χ4n) is 4.34. The number of anilines is 5. The van der Waals surface area contributed by atoms with Gasteiger partial charge in [-0.25, -0.2) is 4.79 Å². The lowest BCUT2D eigenvalue weighted by atomic mass is 10.1. The van der Waals surface area contributed by atoms with Crippen LogP contribution in [0.5, 0.6) is 11.8 Å². The molecule has 0 saturated heterocycles. The molecule has 0 unspecified atom stereocenters. The van der Waals surface area contributed by atoms with Crippen LogP contribution in [0.25, 0.3) is 0 Å². The van der Waals surface area contributed by atoms with Gasteiger partial charge in [0.05, 0.1) is 12.6 Å². The van der Waals surface area contributed by atoms with E-state index in [-0.39, 0.29) is 24.1 Å². The van der Waals surface area contributed by atoms with Crippen LogP contribution in [0.1, 0.15) is 18.4 Å². The van der Waals surface area contributed by atoms with Crippen LogP contribution in [0, 0.1) is 0 Å².